The fourth-order valence-electron chi connectivity index (χ4n) is 1.53. The number of rotatable bonds is 2. The molecular weight excluding hydrogens is 210 g/mol. The molecule has 1 aromatic heterocycles. The Kier molecular flexibility index (Phi) is 2.75. The van der Waals surface area contributed by atoms with Crippen LogP contribution in [0.4, 0.5) is 0 Å². The number of aromatic nitrogens is 2. The molecule has 0 amide bonds. The summed E-state index contributed by atoms with van der Waals surface area (Å²) in [5.41, 5.74) is 7.59. The van der Waals surface area contributed by atoms with E-state index in [1.165, 1.54) is 0 Å². The van der Waals surface area contributed by atoms with Crippen LogP contribution in [0.3, 0.4) is 0 Å². The third-order valence-corrected chi connectivity index (χ3v) is 2.61. The molecule has 1 heterocycles. The highest BCUT2D eigenvalue weighted by atomic mass is 35.5. The smallest absolute Gasteiger partial charge is 0.139 e. The van der Waals surface area contributed by atoms with Crippen molar-refractivity contribution in [3.63, 3.8) is 0 Å². The van der Waals surface area contributed by atoms with Crippen molar-refractivity contribution in [1.29, 1.82) is 0 Å². The van der Waals surface area contributed by atoms with Crippen molar-refractivity contribution < 1.29 is 0 Å². The van der Waals surface area contributed by atoms with Crippen molar-refractivity contribution in [2.45, 2.75) is 6.54 Å². The largest absolute Gasteiger partial charge is 0.330 e. The van der Waals surface area contributed by atoms with Crippen LogP contribution in [-0.2, 0) is 13.6 Å². The number of hydrogen-bond donors (Lipinski definition) is 1. The zero-order valence-electron chi connectivity index (χ0n) is 8.44. The van der Waals surface area contributed by atoms with Gasteiger partial charge in [0.25, 0.3) is 0 Å². The lowest BCUT2D eigenvalue weighted by atomic mass is 10.2. The van der Waals surface area contributed by atoms with Crippen molar-refractivity contribution in [3.05, 3.63) is 41.2 Å². The third kappa shape index (κ3) is 1.89. The third-order valence-electron chi connectivity index (χ3n) is 2.38. The van der Waals surface area contributed by atoms with Gasteiger partial charge >= 0.3 is 0 Å². The molecule has 0 radical (unpaired) electrons. The van der Waals surface area contributed by atoms with Crippen LogP contribution >= 0.6 is 11.6 Å². The molecule has 3 nitrogen and oxygen atoms in total. The molecule has 0 saturated heterocycles. The van der Waals surface area contributed by atoms with Crippen LogP contribution in [-0.4, -0.2) is 9.55 Å². The lowest BCUT2D eigenvalue weighted by Gasteiger charge is -2.04. The standard InChI is InChI=1S/C11H12ClN3/c1-15-10(6-13)7-14-11(15)8-3-2-4-9(12)5-8/h2-5,7H,6,13H2,1H3. The second-order valence-electron chi connectivity index (χ2n) is 3.35. The molecule has 0 aliphatic carbocycles. The average Bonchev–Trinajstić information content (AvgIpc) is 2.59. The summed E-state index contributed by atoms with van der Waals surface area (Å²) in [4.78, 5) is 4.32. The Bertz CT molecular complexity index is 476. The van der Waals surface area contributed by atoms with Gasteiger partial charge in [0.2, 0.25) is 0 Å². The minimum absolute atomic E-state index is 0.490. The molecular formula is C11H12ClN3. The van der Waals surface area contributed by atoms with E-state index in [-0.39, 0.29) is 0 Å². The molecule has 0 fully saturated rings. The molecule has 2 rings (SSSR count). The van der Waals surface area contributed by atoms with Gasteiger partial charge in [0.1, 0.15) is 5.82 Å². The van der Waals surface area contributed by atoms with Crippen LogP contribution in [0.15, 0.2) is 30.5 Å². The first-order valence-corrected chi connectivity index (χ1v) is 5.07. The van der Waals surface area contributed by atoms with E-state index in [0.717, 1.165) is 17.1 Å². The summed E-state index contributed by atoms with van der Waals surface area (Å²) in [6, 6.07) is 7.63. The molecule has 0 bridgehead atoms. The van der Waals surface area contributed by atoms with E-state index in [0.29, 0.717) is 11.6 Å². The summed E-state index contributed by atoms with van der Waals surface area (Å²) < 4.78 is 1.98. The van der Waals surface area contributed by atoms with Gasteiger partial charge in [0.15, 0.2) is 0 Å². The fraction of sp³-hybridized carbons (Fsp3) is 0.182. The monoisotopic (exact) mass is 221 g/mol. The first-order chi connectivity index (χ1) is 7.22. The van der Waals surface area contributed by atoms with Crippen LogP contribution in [0.2, 0.25) is 5.02 Å². The van der Waals surface area contributed by atoms with E-state index < -0.39 is 0 Å². The molecule has 1 aromatic carbocycles. The molecule has 4 heteroatoms. The molecule has 2 N–H and O–H groups in total. The highest BCUT2D eigenvalue weighted by molar-refractivity contribution is 6.30. The summed E-state index contributed by atoms with van der Waals surface area (Å²) in [7, 11) is 1.95. The Labute approximate surface area is 93.5 Å². The molecule has 2 aromatic rings. The van der Waals surface area contributed by atoms with Crippen molar-refractivity contribution in [3.8, 4) is 11.4 Å². The Morgan fingerprint density at radius 2 is 2.27 bits per heavy atom. The van der Waals surface area contributed by atoms with E-state index >= 15 is 0 Å². The molecule has 15 heavy (non-hydrogen) atoms. The number of hydrogen-bond acceptors (Lipinski definition) is 2. The van der Waals surface area contributed by atoms with Gasteiger partial charge in [-0.15, -0.1) is 0 Å². The first kappa shape index (κ1) is 10.2. The SMILES string of the molecule is Cn1c(CN)cnc1-c1cccc(Cl)c1. The van der Waals surface area contributed by atoms with Crippen molar-refractivity contribution in [2.24, 2.45) is 12.8 Å². The highest BCUT2D eigenvalue weighted by Gasteiger charge is 2.07. The van der Waals surface area contributed by atoms with E-state index in [9.17, 15) is 0 Å². The Morgan fingerprint density at radius 3 is 2.87 bits per heavy atom. The maximum absolute atomic E-state index is 5.93. The second kappa shape index (κ2) is 4.04. The van der Waals surface area contributed by atoms with Crippen molar-refractivity contribution in [1.82, 2.24) is 9.55 Å². The Hall–Kier alpha value is -1.32. The molecule has 0 saturated carbocycles. The summed E-state index contributed by atoms with van der Waals surface area (Å²) >= 11 is 5.93. The zero-order valence-corrected chi connectivity index (χ0v) is 9.20. The maximum atomic E-state index is 5.93. The Balaban J connectivity index is 2.49. The molecule has 0 spiro atoms. The molecule has 0 unspecified atom stereocenters. The fourth-order valence-corrected chi connectivity index (χ4v) is 1.72. The van der Waals surface area contributed by atoms with Crippen LogP contribution < -0.4 is 5.73 Å². The quantitative estimate of drug-likeness (QED) is 0.845. The minimum Gasteiger partial charge on any atom is -0.330 e. The van der Waals surface area contributed by atoms with E-state index in [4.69, 9.17) is 17.3 Å². The topological polar surface area (TPSA) is 43.8 Å². The Morgan fingerprint density at radius 1 is 1.47 bits per heavy atom. The zero-order chi connectivity index (χ0) is 10.8. The molecule has 0 atom stereocenters. The number of imidazole rings is 1. The molecule has 78 valence electrons. The maximum Gasteiger partial charge on any atom is 0.139 e. The van der Waals surface area contributed by atoms with E-state index in [1.807, 2.05) is 35.9 Å². The number of nitrogens with zero attached hydrogens (tertiary/aromatic N) is 2. The lowest BCUT2D eigenvalue weighted by Crippen LogP contribution is -2.04. The first-order valence-electron chi connectivity index (χ1n) is 4.69. The highest BCUT2D eigenvalue weighted by Crippen LogP contribution is 2.21. The van der Waals surface area contributed by atoms with Gasteiger partial charge in [-0.05, 0) is 12.1 Å². The molecule has 0 aliphatic heterocycles. The van der Waals surface area contributed by atoms with Crippen LogP contribution in [0.5, 0.6) is 0 Å². The predicted molar refractivity (Wildman–Crippen MR) is 61.5 cm³/mol. The van der Waals surface area contributed by atoms with Gasteiger partial charge in [-0.25, -0.2) is 4.98 Å². The normalized spacial score (nSPS) is 10.6. The van der Waals surface area contributed by atoms with Gasteiger partial charge in [-0.2, -0.15) is 0 Å². The van der Waals surface area contributed by atoms with Gasteiger partial charge < -0.3 is 10.3 Å². The number of nitrogens with two attached hydrogens (primary N) is 1. The minimum atomic E-state index is 0.490. The van der Waals surface area contributed by atoms with E-state index in [2.05, 4.69) is 4.98 Å². The summed E-state index contributed by atoms with van der Waals surface area (Å²) in [5.74, 6) is 0.887. The lowest BCUT2D eigenvalue weighted by molar-refractivity contribution is 0.828. The number of halogens is 1. The molecule has 0 aliphatic rings. The van der Waals surface area contributed by atoms with Crippen molar-refractivity contribution >= 4 is 11.6 Å². The predicted octanol–water partition coefficient (Wildman–Crippen LogP) is 2.20. The van der Waals surface area contributed by atoms with Gasteiger partial charge in [0.05, 0.1) is 11.9 Å². The van der Waals surface area contributed by atoms with Crippen LogP contribution in [0.1, 0.15) is 5.69 Å². The van der Waals surface area contributed by atoms with Gasteiger partial charge in [-0.1, -0.05) is 23.7 Å². The van der Waals surface area contributed by atoms with Crippen molar-refractivity contribution in [2.75, 3.05) is 0 Å². The summed E-state index contributed by atoms with van der Waals surface area (Å²) in [6.07, 6.45) is 1.79. The average molecular weight is 222 g/mol. The number of benzene rings is 1. The van der Waals surface area contributed by atoms with Gasteiger partial charge in [0, 0.05) is 24.2 Å². The summed E-state index contributed by atoms with van der Waals surface area (Å²) in [6.45, 7) is 0.490. The van der Waals surface area contributed by atoms with Crippen LogP contribution in [0.25, 0.3) is 11.4 Å². The van der Waals surface area contributed by atoms with Gasteiger partial charge in [-0.3, -0.25) is 0 Å². The summed E-state index contributed by atoms with van der Waals surface area (Å²) in [5, 5.41) is 0.713. The van der Waals surface area contributed by atoms with Crippen LogP contribution in [0, 0.1) is 0 Å². The second-order valence-corrected chi connectivity index (χ2v) is 3.78. The van der Waals surface area contributed by atoms with E-state index in [1.54, 1.807) is 6.20 Å².